The molecule has 0 aromatic heterocycles. The van der Waals surface area contributed by atoms with Gasteiger partial charge in [-0.05, 0) is 19.1 Å². The second-order valence-corrected chi connectivity index (χ2v) is 3.95. The van der Waals surface area contributed by atoms with E-state index in [1.54, 1.807) is 0 Å². The van der Waals surface area contributed by atoms with Gasteiger partial charge in [-0.1, -0.05) is 0 Å². The average molecular weight is 269 g/mol. The highest BCUT2D eigenvalue weighted by Crippen LogP contribution is 2.17. The summed E-state index contributed by atoms with van der Waals surface area (Å²) in [7, 11) is 0. The summed E-state index contributed by atoms with van der Waals surface area (Å²) in [5.41, 5.74) is 11.1. The fourth-order valence-electron chi connectivity index (χ4n) is 1.34. The summed E-state index contributed by atoms with van der Waals surface area (Å²) in [6, 6.07) is 2.52. The lowest BCUT2D eigenvalue weighted by molar-refractivity contribution is -0.122. The van der Waals surface area contributed by atoms with Crippen LogP contribution in [-0.4, -0.2) is 31.6 Å². The van der Waals surface area contributed by atoms with Crippen molar-refractivity contribution >= 4 is 17.5 Å². The molecule has 2 amide bonds. The van der Waals surface area contributed by atoms with Gasteiger partial charge in [-0.3, -0.25) is 9.59 Å². The number of hydrogen-bond donors (Lipinski definition) is 3. The number of carbonyl (C=O) groups excluding carboxylic acids is 2. The molecule has 0 atom stereocenters. The first-order valence-corrected chi connectivity index (χ1v) is 5.61. The minimum atomic E-state index is -0.584. The van der Waals surface area contributed by atoms with Crippen LogP contribution in [0.15, 0.2) is 12.1 Å². The van der Waals surface area contributed by atoms with Crippen LogP contribution in [0, 0.1) is 12.7 Å². The number of benzene rings is 1. The molecule has 19 heavy (non-hydrogen) atoms. The third-order valence-electron chi connectivity index (χ3n) is 2.42. The molecule has 0 heterocycles. The zero-order chi connectivity index (χ0) is 14.4. The van der Waals surface area contributed by atoms with Crippen LogP contribution in [0.4, 0.5) is 10.1 Å². The van der Waals surface area contributed by atoms with Crippen LogP contribution in [0.2, 0.25) is 0 Å². The number of nitrogens with two attached hydrogens (primary N) is 2. The van der Waals surface area contributed by atoms with Crippen molar-refractivity contribution in [3.63, 3.8) is 0 Å². The van der Waals surface area contributed by atoms with Crippen molar-refractivity contribution in [1.82, 2.24) is 5.32 Å². The SMILES string of the molecule is Cc1c(N)cc(C(=O)NCCOCC(N)=O)cc1F. The Kier molecular flexibility index (Phi) is 5.25. The van der Waals surface area contributed by atoms with Crippen LogP contribution in [0.1, 0.15) is 15.9 Å². The number of rotatable bonds is 6. The van der Waals surface area contributed by atoms with Crippen molar-refractivity contribution in [2.45, 2.75) is 6.92 Å². The van der Waals surface area contributed by atoms with Crippen molar-refractivity contribution in [3.8, 4) is 0 Å². The Morgan fingerprint density at radius 2 is 2.11 bits per heavy atom. The van der Waals surface area contributed by atoms with Crippen LogP contribution in [0.25, 0.3) is 0 Å². The predicted molar refractivity (Wildman–Crippen MR) is 67.9 cm³/mol. The Morgan fingerprint density at radius 3 is 2.68 bits per heavy atom. The van der Waals surface area contributed by atoms with Gasteiger partial charge in [0, 0.05) is 23.4 Å². The lowest BCUT2D eigenvalue weighted by Crippen LogP contribution is -2.29. The third-order valence-corrected chi connectivity index (χ3v) is 2.42. The number of ether oxygens (including phenoxy) is 1. The molecule has 0 aliphatic rings. The van der Waals surface area contributed by atoms with Crippen molar-refractivity contribution in [3.05, 3.63) is 29.1 Å². The van der Waals surface area contributed by atoms with Gasteiger partial charge in [0.25, 0.3) is 5.91 Å². The Morgan fingerprint density at radius 1 is 1.42 bits per heavy atom. The smallest absolute Gasteiger partial charge is 0.251 e. The van der Waals surface area contributed by atoms with E-state index in [0.29, 0.717) is 5.56 Å². The van der Waals surface area contributed by atoms with Gasteiger partial charge in [0.15, 0.2) is 0 Å². The Hall–Kier alpha value is -2.15. The average Bonchev–Trinajstić information content (AvgIpc) is 2.34. The number of nitrogen functional groups attached to an aromatic ring is 1. The standard InChI is InChI=1S/C12H16FN3O3/c1-7-9(13)4-8(5-10(7)14)12(18)16-2-3-19-6-11(15)17/h4-5H,2-3,6,14H2,1H3,(H2,15,17)(H,16,18). The largest absolute Gasteiger partial charge is 0.398 e. The predicted octanol–water partition coefficient (Wildman–Crippen LogP) is -0.0520. The molecule has 6 nitrogen and oxygen atoms in total. The highest BCUT2D eigenvalue weighted by Gasteiger charge is 2.10. The van der Waals surface area contributed by atoms with Crippen LogP contribution in [0.3, 0.4) is 0 Å². The summed E-state index contributed by atoms with van der Waals surface area (Å²) in [6.07, 6.45) is 0. The summed E-state index contributed by atoms with van der Waals surface area (Å²) >= 11 is 0. The lowest BCUT2D eigenvalue weighted by Gasteiger charge is -2.08. The first-order chi connectivity index (χ1) is 8.91. The summed E-state index contributed by atoms with van der Waals surface area (Å²) < 4.78 is 18.3. The van der Waals surface area contributed by atoms with Gasteiger partial charge in [0.05, 0.1) is 6.61 Å². The quantitative estimate of drug-likeness (QED) is 0.497. The molecular weight excluding hydrogens is 253 g/mol. The molecule has 104 valence electrons. The first kappa shape index (κ1) is 14.9. The number of primary amides is 1. The molecule has 1 rings (SSSR count). The van der Waals surface area contributed by atoms with Crippen LogP contribution in [-0.2, 0) is 9.53 Å². The van der Waals surface area contributed by atoms with Gasteiger partial charge in [-0.25, -0.2) is 4.39 Å². The molecule has 1 aromatic carbocycles. The number of hydrogen-bond acceptors (Lipinski definition) is 4. The minimum Gasteiger partial charge on any atom is -0.398 e. The van der Waals surface area contributed by atoms with E-state index >= 15 is 0 Å². The second kappa shape index (κ2) is 6.69. The molecule has 0 aliphatic heterocycles. The maximum atomic E-state index is 13.4. The van der Waals surface area contributed by atoms with Gasteiger partial charge >= 0.3 is 0 Å². The second-order valence-electron chi connectivity index (χ2n) is 3.95. The fourth-order valence-corrected chi connectivity index (χ4v) is 1.34. The molecule has 0 unspecified atom stereocenters. The van der Waals surface area contributed by atoms with Crippen LogP contribution in [0.5, 0.6) is 0 Å². The summed E-state index contributed by atoms with van der Waals surface area (Å²) in [6.45, 7) is 1.64. The van der Waals surface area contributed by atoms with E-state index in [1.807, 2.05) is 0 Å². The fraction of sp³-hybridized carbons (Fsp3) is 0.333. The summed E-state index contributed by atoms with van der Waals surface area (Å²) in [5.74, 6) is -1.58. The summed E-state index contributed by atoms with van der Waals surface area (Å²) in [5, 5.41) is 2.51. The van der Waals surface area contributed by atoms with E-state index in [4.69, 9.17) is 16.2 Å². The van der Waals surface area contributed by atoms with Gasteiger partial charge in [-0.2, -0.15) is 0 Å². The maximum Gasteiger partial charge on any atom is 0.251 e. The Labute approximate surface area is 109 Å². The van der Waals surface area contributed by atoms with E-state index in [9.17, 15) is 14.0 Å². The first-order valence-electron chi connectivity index (χ1n) is 5.61. The van der Waals surface area contributed by atoms with Crippen LogP contribution >= 0.6 is 0 Å². The van der Waals surface area contributed by atoms with Crippen molar-refractivity contribution in [2.75, 3.05) is 25.5 Å². The van der Waals surface area contributed by atoms with Gasteiger partial charge in [0.1, 0.15) is 12.4 Å². The van der Waals surface area contributed by atoms with Gasteiger partial charge in [0.2, 0.25) is 5.91 Å². The van der Waals surface area contributed by atoms with Gasteiger partial charge in [-0.15, -0.1) is 0 Å². The van der Waals surface area contributed by atoms with Gasteiger partial charge < -0.3 is 21.5 Å². The molecule has 0 aliphatic carbocycles. The zero-order valence-electron chi connectivity index (χ0n) is 10.5. The molecule has 0 fully saturated rings. The molecule has 0 radical (unpaired) electrons. The molecular formula is C12H16FN3O3. The van der Waals surface area contributed by atoms with E-state index in [1.165, 1.54) is 13.0 Å². The van der Waals surface area contributed by atoms with Crippen molar-refractivity contribution < 1.29 is 18.7 Å². The van der Waals surface area contributed by atoms with Crippen molar-refractivity contribution in [2.24, 2.45) is 5.73 Å². The summed E-state index contributed by atoms with van der Waals surface area (Å²) in [4.78, 5) is 22.1. The zero-order valence-corrected chi connectivity index (χ0v) is 10.5. The maximum absolute atomic E-state index is 13.4. The topological polar surface area (TPSA) is 107 Å². The van der Waals surface area contributed by atoms with Crippen LogP contribution < -0.4 is 16.8 Å². The Balaban J connectivity index is 2.48. The molecule has 0 saturated carbocycles. The van der Waals surface area contributed by atoms with E-state index in [2.05, 4.69) is 5.32 Å². The number of anilines is 1. The third kappa shape index (κ3) is 4.55. The lowest BCUT2D eigenvalue weighted by atomic mass is 10.1. The number of carbonyl (C=O) groups is 2. The van der Waals surface area contributed by atoms with E-state index in [0.717, 1.165) is 6.07 Å². The highest BCUT2D eigenvalue weighted by atomic mass is 19.1. The minimum absolute atomic E-state index is 0.135. The molecule has 0 bridgehead atoms. The monoisotopic (exact) mass is 269 g/mol. The number of amides is 2. The van der Waals surface area contributed by atoms with E-state index in [-0.39, 0.29) is 31.0 Å². The normalized spacial score (nSPS) is 10.2. The highest BCUT2D eigenvalue weighted by molar-refractivity contribution is 5.95. The number of nitrogens with one attached hydrogen (secondary N) is 1. The van der Waals surface area contributed by atoms with Crippen molar-refractivity contribution in [1.29, 1.82) is 0 Å². The Bertz CT molecular complexity index is 468. The molecule has 0 spiro atoms. The molecule has 5 N–H and O–H groups in total. The molecule has 0 saturated heterocycles. The molecule has 7 heteroatoms. The van der Waals surface area contributed by atoms with E-state index < -0.39 is 17.6 Å². The number of halogens is 1. The molecule has 1 aromatic rings.